The lowest BCUT2D eigenvalue weighted by molar-refractivity contribution is -0.142. The first-order valence-electron chi connectivity index (χ1n) is 4.80. The van der Waals surface area contributed by atoms with Crippen LogP contribution in [0.3, 0.4) is 0 Å². The molecule has 2 fully saturated rings. The largest absolute Gasteiger partial charge is 0.385 e. The first-order chi connectivity index (χ1) is 6.05. The quantitative estimate of drug-likeness (QED) is 0.599. The third kappa shape index (κ3) is 1.06. The lowest BCUT2D eigenvalue weighted by Crippen LogP contribution is -2.45. The van der Waals surface area contributed by atoms with Crippen LogP contribution in [0.15, 0.2) is 0 Å². The molecule has 2 rings (SSSR count). The maximum absolute atomic E-state index is 11.6. The molecule has 3 heteroatoms. The predicted molar refractivity (Wildman–Crippen MR) is 46.1 cm³/mol. The molecule has 3 nitrogen and oxygen atoms in total. The lowest BCUT2D eigenvalue weighted by Gasteiger charge is -2.36. The SMILES string of the molecule is C[C@]12CCC(=O)[C@H](O)[C@H]1CCC2=O. The van der Waals surface area contributed by atoms with Crippen LogP contribution in [0.1, 0.15) is 32.6 Å². The number of aliphatic hydroxyl groups excluding tert-OH is 1. The van der Waals surface area contributed by atoms with Gasteiger partial charge in [0.05, 0.1) is 0 Å². The van der Waals surface area contributed by atoms with E-state index >= 15 is 0 Å². The van der Waals surface area contributed by atoms with Crippen LogP contribution in [0.2, 0.25) is 0 Å². The first-order valence-corrected chi connectivity index (χ1v) is 4.80. The monoisotopic (exact) mass is 182 g/mol. The standard InChI is InChI=1S/C10H14O3/c1-10-5-4-7(11)9(13)6(10)2-3-8(10)12/h6,9,13H,2-5H2,1H3/t6-,9-,10+/m1/s1. The third-order valence-electron chi connectivity index (χ3n) is 3.74. The van der Waals surface area contributed by atoms with Crippen molar-refractivity contribution in [3.63, 3.8) is 0 Å². The molecule has 0 radical (unpaired) electrons. The van der Waals surface area contributed by atoms with E-state index in [0.29, 0.717) is 25.7 Å². The molecule has 0 heterocycles. The maximum atomic E-state index is 11.6. The van der Waals surface area contributed by atoms with Gasteiger partial charge in [-0.05, 0) is 12.8 Å². The number of fused-ring (bicyclic) bond motifs is 1. The second kappa shape index (κ2) is 2.64. The number of hydrogen-bond donors (Lipinski definition) is 1. The van der Waals surface area contributed by atoms with Crippen molar-refractivity contribution < 1.29 is 14.7 Å². The molecule has 0 aliphatic heterocycles. The van der Waals surface area contributed by atoms with Gasteiger partial charge in [-0.25, -0.2) is 0 Å². The molecule has 2 aliphatic rings. The number of carbonyl (C=O) groups excluding carboxylic acids is 2. The molecule has 0 bridgehead atoms. The normalized spacial score (nSPS) is 45.1. The molecular formula is C10H14O3. The van der Waals surface area contributed by atoms with Crippen LogP contribution in [0, 0.1) is 11.3 Å². The van der Waals surface area contributed by atoms with Crippen LogP contribution in [-0.2, 0) is 9.59 Å². The summed E-state index contributed by atoms with van der Waals surface area (Å²) >= 11 is 0. The zero-order chi connectivity index (χ0) is 9.64. The zero-order valence-electron chi connectivity index (χ0n) is 7.75. The number of aliphatic hydroxyl groups is 1. The minimum absolute atomic E-state index is 0.0859. The summed E-state index contributed by atoms with van der Waals surface area (Å²) in [5.74, 6) is 0.0301. The smallest absolute Gasteiger partial charge is 0.161 e. The van der Waals surface area contributed by atoms with Gasteiger partial charge in [-0.15, -0.1) is 0 Å². The van der Waals surface area contributed by atoms with Crippen molar-refractivity contribution >= 4 is 11.6 Å². The Bertz CT molecular complexity index is 271. The highest BCUT2D eigenvalue weighted by molar-refractivity contribution is 5.93. The molecule has 0 aromatic heterocycles. The van der Waals surface area contributed by atoms with E-state index in [1.54, 1.807) is 0 Å². The number of rotatable bonds is 0. The molecule has 0 saturated heterocycles. The Labute approximate surface area is 77.1 Å². The van der Waals surface area contributed by atoms with Gasteiger partial charge in [-0.2, -0.15) is 0 Å². The van der Waals surface area contributed by atoms with Gasteiger partial charge in [0.1, 0.15) is 11.9 Å². The predicted octanol–water partition coefficient (Wildman–Crippen LogP) is 0.696. The highest BCUT2D eigenvalue weighted by Crippen LogP contribution is 2.48. The fourth-order valence-corrected chi connectivity index (χ4v) is 2.68. The summed E-state index contributed by atoms with van der Waals surface area (Å²) in [5, 5.41) is 9.63. The highest BCUT2D eigenvalue weighted by Gasteiger charge is 2.53. The topological polar surface area (TPSA) is 54.4 Å². The molecule has 13 heavy (non-hydrogen) atoms. The van der Waals surface area contributed by atoms with Crippen LogP contribution < -0.4 is 0 Å². The van der Waals surface area contributed by atoms with Gasteiger partial charge in [0, 0.05) is 24.2 Å². The second-order valence-electron chi connectivity index (χ2n) is 4.40. The molecule has 2 saturated carbocycles. The van der Waals surface area contributed by atoms with Crippen molar-refractivity contribution in [3.05, 3.63) is 0 Å². The number of hydrogen-bond acceptors (Lipinski definition) is 3. The van der Waals surface area contributed by atoms with E-state index in [9.17, 15) is 14.7 Å². The van der Waals surface area contributed by atoms with E-state index in [0.717, 1.165) is 0 Å². The Morgan fingerprint density at radius 1 is 1.38 bits per heavy atom. The Morgan fingerprint density at radius 3 is 2.77 bits per heavy atom. The summed E-state index contributed by atoms with van der Waals surface area (Å²) in [5.41, 5.74) is -0.409. The summed E-state index contributed by atoms with van der Waals surface area (Å²) in [4.78, 5) is 22.8. The van der Waals surface area contributed by atoms with Crippen molar-refractivity contribution in [1.82, 2.24) is 0 Å². The molecule has 0 aromatic carbocycles. The molecule has 72 valence electrons. The number of carbonyl (C=O) groups is 2. The van der Waals surface area contributed by atoms with Gasteiger partial charge in [0.2, 0.25) is 0 Å². The number of Topliss-reactive ketones (excluding diaryl/α,β-unsaturated/α-hetero) is 2. The van der Waals surface area contributed by atoms with E-state index < -0.39 is 11.5 Å². The highest BCUT2D eigenvalue weighted by atomic mass is 16.3. The van der Waals surface area contributed by atoms with Crippen LogP contribution in [0.25, 0.3) is 0 Å². The molecule has 1 N–H and O–H groups in total. The van der Waals surface area contributed by atoms with Gasteiger partial charge in [-0.1, -0.05) is 6.92 Å². The molecule has 0 aromatic rings. The van der Waals surface area contributed by atoms with Gasteiger partial charge >= 0.3 is 0 Å². The average Bonchev–Trinajstić information content (AvgIpc) is 2.39. The first kappa shape index (κ1) is 8.88. The molecule has 0 amide bonds. The van der Waals surface area contributed by atoms with Crippen molar-refractivity contribution in [2.75, 3.05) is 0 Å². The minimum Gasteiger partial charge on any atom is -0.385 e. The van der Waals surface area contributed by atoms with Crippen molar-refractivity contribution in [2.24, 2.45) is 11.3 Å². The van der Waals surface area contributed by atoms with Crippen LogP contribution in [0.5, 0.6) is 0 Å². The van der Waals surface area contributed by atoms with Gasteiger partial charge in [0.15, 0.2) is 5.78 Å². The van der Waals surface area contributed by atoms with Gasteiger partial charge in [0.25, 0.3) is 0 Å². The van der Waals surface area contributed by atoms with E-state index in [2.05, 4.69) is 0 Å². The van der Waals surface area contributed by atoms with Crippen molar-refractivity contribution in [3.8, 4) is 0 Å². The molecular weight excluding hydrogens is 168 g/mol. The molecule has 0 spiro atoms. The molecule has 3 atom stereocenters. The van der Waals surface area contributed by atoms with E-state index in [1.165, 1.54) is 0 Å². The maximum Gasteiger partial charge on any atom is 0.161 e. The summed E-state index contributed by atoms with van der Waals surface area (Å²) in [7, 11) is 0. The van der Waals surface area contributed by atoms with E-state index in [4.69, 9.17) is 0 Å². The summed E-state index contributed by atoms with van der Waals surface area (Å²) in [6.07, 6.45) is 1.32. The van der Waals surface area contributed by atoms with Crippen LogP contribution in [0.4, 0.5) is 0 Å². The zero-order valence-corrected chi connectivity index (χ0v) is 7.75. The fourth-order valence-electron chi connectivity index (χ4n) is 2.68. The fraction of sp³-hybridized carbons (Fsp3) is 0.800. The summed E-state index contributed by atoms with van der Waals surface area (Å²) < 4.78 is 0. The minimum atomic E-state index is -0.884. The van der Waals surface area contributed by atoms with E-state index in [-0.39, 0.29) is 17.5 Å². The Kier molecular flexibility index (Phi) is 1.80. The van der Waals surface area contributed by atoms with Gasteiger partial charge in [-0.3, -0.25) is 9.59 Å². The molecule has 2 aliphatic carbocycles. The molecule has 0 unspecified atom stereocenters. The Morgan fingerprint density at radius 2 is 2.08 bits per heavy atom. The average molecular weight is 182 g/mol. The van der Waals surface area contributed by atoms with Crippen LogP contribution >= 0.6 is 0 Å². The van der Waals surface area contributed by atoms with Crippen LogP contribution in [-0.4, -0.2) is 22.8 Å². The Balaban J connectivity index is 2.31. The third-order valence-corrected chi connectivity index (χ3v) is 3.74. The van der Waals surface area contributed by atoms with E-state index in [1.807, 2.05) is 6.92 Å². The van der Waals surface area contributed by atoms with Gasteiger partial charge < -0.3 is 5.11 Å². The van der Waals surface area contributed by atoms with Crippen molar-refractivity contribution in [1.29, 1.82) is 0 Å². The Hall–Kier alpha value is -0.700. The lowest BCUT2D eigenvalue weighted by atomic mass is 9.67. The number of ketones is 2. The van der Waals surface area contributed by atoms with Crippen molar-refractivity contribution in [2.45, 2.75) is 38.7 Å². The summed E-state index contributed by atoms with van der Waals surface area (Å²) in [6.45, 7) is 1.89. The second-order valence-corrected chi connectivity index (χ2v) is 4.40. The summed E-state index contributed by atoms with van der Waals surface area (Å²) in [6, 6.07) is 0.